The lowest BCUT2D eigenvalue weighted by Gasteiger charge is -2.57. The SMILES string of the molecule is O=[N+]([O-])c1ccc(Nc2ccccc2)c(Cl)c1C12CC3CC(CC(C3)C1)C2. The second kappa shape index (κ2) is 6.23. The third-order valence-corrected chi connectivity index (χ3v) is 7.33. The van der Waals surface area contributed by atoms with E-state index in [0.717, 1.165) is 36.2 Å². The summed E-state index contributed by atoms with van der Waals surface area (Å²) in [5.41, 5.74) is 2.56. The Labute approximate surface area is 164 Å². The van der Waals surface area contributed by atoms with E-state index >= 15 is 0 Å². The van der Waals surface area contributed by atoms with Crippen molar-refractivity contribution in [3.8, 4) is 0 Å². The van der Waals surface area contributed by atoms with Gasteiger partial charge in [0.25, 0.3) is 5.69 Å². The Balaban J connectivity index is 1.62. The minimum atomic E-state index is -0.244. The molecule has 0 radical (unpaired) electrons. The molecule has 0 spiro atoms. The maximum absolute atomic E-state index is 11.9. The molecule has 4 aliphatic carbocycles. The lowest BCUT2D eigenvalue weighted by atomic mass is 9.48. The van der Waals surface area contributed by atoms with E-state index in [-0.39, 0.29) is 16.0 Å². The number of nitrogens with zero attached hydrogens (tertiary/aromatic N) is 1. The number of halogens is 1. The van der Waals surface area contributed by atoms with Gasteiger partial charge in [-0.15, -0.1) is 0 Å². The van der Waals surface area contributed by atoms with Crippen LogP contribution in [0.25, 0.3) is 0 Å². The molecule has 0 aliphatic heterocycles. The molecule has 5 heteroatoms. The molecule has 6 rings (SSSR count). The van der Waals surface area contributed by atoms with Gasteiger partial charge in [0.1, 0.15) is 0 Å². The van der Waals surface area contributed by atoms with Crippen molar-refractivity contribution in [1.29, 1.82) is 0 Å². The molecular formula is C22H23ClN2O2. The van der Waals surface area contributed by atoms with Crippen LogP contribution in [0, 0.1) is 27.9 Å². The average Bonchev–Trinajstić information content (AvgIpc) is 2.62. The Morgan fingerprint density at radius 3 is 2.11 bits per heavy atom. The summed E-state index contributed by atoms with van der Waals surface area (Å²) in [7, 11) is 0. The van der Waals surface area contributed by atoms with E-state index in [0.29, 0.717) is 22.8 Å². The monoisotopic (exact) mass is 382 g/mol. The standard InChI is InChI=1S/C22H23ClN2O2/c23-21-18(24-17-4-2-1-3-5-17)6-7-19(25(26)27)20(21)22-11-14-8-15(12-22)10-16(9-14)13-22/h1-7,14-16,24H,8-13H2. The van der Waals surface area contributed by atoms with Crippen molar-refractivity contribution in [1.82, 2.24) is 0 Å². The fraction of sp³-hybridized carbons (Fsp3) is 0.455. The summed E-state index contributed by atoms with van der Waals surface area (Å²) >= 11 is 6.88. The highest BCUT2D eigenvalue weighted by Gasteiger charge is 2.54. The maximum Gasteiger partial charge on any atom is 0.274 e. The number of hydrogen-bond donors (Lipinski definition) is 1. The lowest BCUT2D eigenvalue weighted by molar-refractivity contribution is -0.386. The second-order valence-electron chi connectivity index (χ2n) is 8.77. The van der Waals surface area contributed by atoms with Crippen LogP contribution in [0.3, 0.4) is 0 Å². The highest BCUT2D eigenvalue weighted by Crippen LogP contribution is 2.63. The Kier molecular flexibility index (Phi) is 3.94. The molecule has 0 atom stereocenters. The van der Waals surface area contributed by atoms with Crippen LogP contribution in [0.15, 0.2) is 42.5 Å². The molecule has 0 amide bonds. The normalized spacial score (nSPS) is 31.1. The first kappa shape index (κ1) is 17.1. The van der Waals surface area contributed by atoms with Gasteiger partial charge in [0.05, 0.1) is 21.2 Å². The first-order chi connectivity index (χ1) is 13.0. The zero-order valence-corrected chi connectivity index (χ0v) is 15.9. The molecule has 0 aromatic heterocycles. The van der Waals surface area contributed by atoms with Gasteiger partial charge in [-0.3, -0.25) is 10.1 Å². The van der Waals surface area contributed by atoms with Crippen molar-refractivity contribution >= 4 is 28.7 Å². The molecule has 0 saturated heterocycles. The summed E-state index contributed by atoms with van der Waals surface area (Å²) in [6.07, 6.45) is 7.04. The van der Waals surface area contributed by atoms with Crippen LogP contribution >= 0.6 is 11.6 Å². The van der Waals surface area contributed by atoms with E-state index in [9.17, 15) is 10.1 Å². The van der Waals surface area contributed by atoms with Crippen LogP contribution in [-0.4, -0.2) is 4.92 Å². The van der Waals surface area contributed by atoms with Crippen LogP contribution in [0.2, 0.25) is 5.02 Å². The molecule has 4 aliphatic rings. The molecule has 4 saturated carbocycles. The highest BCUT2D eigenvalue weighted by molar-refractivity contribution is 6.34. The summed E-state index contributed by atoms with van der Waals surface area (Å²) in [5.74, 6) is 2.12. The fourth-order valence-corrected chi connectivity index (χ4v) is 6.82. The van der Waals surface area contributed by atoms with Gasteiger partial charge in [-0.1, -0.05) is 29.8 Å². The number of nitro groups is 1. The van der Waals surface area contributed by atoms with E-state index in [4.69, 9.17) is 11.6 Å². The minimum absolute atomic E-state index is 0.122. The van der Waals surface area contributed by atoms with Crippen LogP contribution in [0.5, 0.6) is 0 Å². The first-order valence-corrected chi connectivity index (χ1v) is 10.2. The quantitative estimate of drug-likeness (QED) is 0.487. The van der Waals surface area contributed by atoms with Crippen molar-refractivity contribution < 1.29 is 4.92 Å². The molecule has 140 valence electrons. The Morgan fingerprint density at radius 2 is 1.56 bits per heavy atom. The van der Waals surface area contributed by atoms with Gasteiger partial charge >= 0.3 is 0 Å². The van der Waals surface area contributed by atoms with Gasteiger partial charge in [-0.25, -0.2) is 0 Å². The number of anilines is 2. The largest absolute Gasteiger partial charge is 0.354 e. The van der Waals surface area contributed by atoms with E-state index in [1.54, 1.807) is 12.1 Å². The molecular weight excluding hydrogens is 360 g/mol. The molecule has 2 aromatic carbocycles. The zero-order valence-electron chi connectivity index (χ0n) is 15.2. The fourth-order valence-electron chi connectivity index (χ4n) is 6.41. The van der Waals surface area contributed by atoms with Gasteiger partial charge in [-0.2, -0.15) is 0 Å². The number of rotatable bonds is 4. The molecule has 4 nitrogen and oxygen atoms in total. The smallest absolute Gasteiger partial charge is 0.274 e. The van der Waals surface area contributed by atoms with Crippen molar-refractivity contribution in [3.63, 3.8) is 0 Å². The van der Waals surface area contributed by atoms with Crippen LogP contribution < -0.4 is 5.32 Å². The number of hydrogen-bond acceptors (Lipinski definition) is 3. The summed E-state index contributed by atoms with van der Waals surface area (Å²) in [4.78, 5) is 11.6. The highest BCUT2D eigenvalue weighted by atomic mass is 35.5. The van der Waals surface area contributed by atoms with Crippen LogP contribution in [-0.2, 0) is 5.41 Å². The van der Waals surface area contributed by atoms with E-state index < -0.39 is 0 Å². The third-order valence-electron chi connectivity index (χ3n) is 6.94. The summed E-state index contributed by atoms with van der Waals surface area (Å²) in [6.45, 7) is 0. The van der Waals surface area contributed by atoms with Gasteiger partial charge in [-0.05, 0) is 74.5 Å². The number of nitro benzene ring substituents is 1. The van der Waals surface area contributed by atoms with E-state index in [2.05, 4.69) is 5.32 Å². The number of para-hydroxylation sites is 1. The van der Waals surface area contributed by atoms with Crippen molar-refractivity contribution in [3.05, 3.63) is 63.2 Å². The lowest BCUT2D eigenvalue weighted by Crippen LogP contribution is -2.48. The van der Waals surface area contributed by atoms with E-state index in [1.165, 1.54) is 19.3 Å². The first-order valence-electron chi connectivity index (χ1n) is 9.83. The summed E-state index contributed by atoms with van der Waals surface area (Å²) < 4.78 is 0. The van der Waals surface area contributed by atoms with Crippen LogP contribution in [0.1, 0.15) is 44.1 Å². The maximum atomic E-state index is 11.9. The van der Waals surface area contributed by atoms with Crippen molar-refractivity contribution in [2.45, 2.75) is 43.9 Å². The minimum Gasteiger partial charge on any atom is -0.354 e. The predicted molar refractivity (Wildman–Crippen MR) is 108 cm³/mol. The number of nitrogens with one attached hydrogen (secondary N) is 1. The predicted octanol–water partition coefficient (Wildman–Crippen LogP) is 6.46. The molecule has 1 N–H and O–H groups in total. The topological polar surface area (TPSA) is 55.2 Å². The Bertz CT molecular complexity index is 861. The van der Waals surface area contributed by atoms with E-state index in [1.807, 2.05) is 30.3 Å². The Hall–Kier alpha value is -2.07. The van der Waals surface area contributed by atoms with Gasteiger partial charge in [0, 0.05) is 17.2 Å². The van der Waals surface area contributed by atoms with Gasteiger partial charge in [0.15, 0.2) is 0 Å². The van der Waals surface area contributed by atoms with Crippen molar-refractivity contribution in [2.75, 3.05) is 5.32 Å². The molecule has 27 heavy (non-hydrogen) atoms. The van der Waals surface area contributed by atoms with Gasteiger partial charge < -0.3 is 5.32 Å². The Morgan fingerprint density at radius 1 is 0.963 bits per heavy atom. The average molecular weight is 383 g/mol. The molecule has 0 unspecified atom stereocenters. The summed E-state index contributed by atoms with van der Waals surface area (Å²) in [6, 6.07) is 13.2. The van der Waals surface area contributed by atoms with Crippen LogP contribution in [0.4, 0.5) is 17.1 Å². The summed E-state index contributed by atoms with van der Waals surface area (Å²) in [5, 5.41) is 15.8. The number of benzene rings is 2. The van der Waals surface area contributed by atoms with Crippen molar-refractivity contribution in [2.24, 2.45) is 17.8 Å². The molecule has 0 heterocycles. The third kappa shape index (κ3) is 2.82. The molecule has 2 aromatic rings. The molecule has 4 fully saturated rings. The second-order valence-corrected chi connectivity index (χ2v) is 9.15. The van der Waals surface area contributed by atoms with Gasteiger partial charge in [0.2, 0.25) is 0 Å². The zero-order chi connectivity index (χ0) is 18.6. The molecule has 4 bridgehead atoms.